The zero-order valence-corrected chi connectivity index (χ0v) is 15.4. The van der Waals surface area contributed by atoms with Crippen LogP contribution in [0.1, 0.15) is 46.1 Å². The molecular weight excluding hydrogens is 318 g/mol. The molecule has 0 atom stereocenters. The SMILES string of the molecule is CCOc1ccc(C=C(N)C2C(=O)CC(C)(C)CC2=O)cc1OCC. The summed E-state index contributed by atoms with van der Waals surface area (Å²) in [6.07, 6.45) is 2.41. The fourth-order valence-electron chi connectivity index (χ4n) is 3.19. The van der Waals surface area contributed by atoms with E-state index in [0.29, 0.717) is 37.6 Å². The van der Waals surface area contributed by atoms with Crippen LogP contribution in [0.3, 0.4) is 0 Å². The molecule has 1 aliphatic carbocycles. The van der Waals surface area contributed by atoms with E-state index >= 15 is 0 Å². The fraction of sp³-hybridized carbons (Fsp3) is 0.500. The second-order valence-corrected chi connectivity index (χ2v) is 7.10. The van der Waals surface area contributed by atoms with Crippen molar-refractivity contribution in [2.75, 3.05) is 13.2 Å². The number of hydrogen-bond donors (Lipinski definition) is 1. The predicted octanol–water partition coefficient (Wildman–Crippen LogP) is 3.36. The van der Waals surface area contributed by atoms with Gasteiger partial charge in [-0.2, -0.15) is 0 Å². The van der Waals surface area contributed by atoms with Crippen molar-refractivity contribution in [3.63, 3.8) is 0 Å². The first-order valence-corrected chi connectivity index (χ1v) is 8.69. The second-order valence-electron chi connectivity index (χ2n) is 7.10. The van der Waals surface area contributed by atoms with Crippen molar-refractivity contribution in [3.05, 3.63) is 29.5 Å². The van der Waals surface area contributed by atoms with Crippen LogP contribution in [0.25, 0.3) is 6.08 Å². The first-order chi connectivity index (χ1) is 11.8. The monoisotopic (exact) mass is 345 g/mol. The van der Waals surface area contributed by atoms with Gasteiger partial charge in [0, 0.05) is 18.5 Å². The molecule has 0 radical (unpaired) electrons. The lowest BCUT2D eigenvalue weighted by Crippen LogP contribution is -2.40. The Morgan fingerprint density at radius 3 is 2.24 bits per heavy atom. The Bertz CT molecular complexity index is 671. The summed E-state index contributed by atoms with van der Waals surface area (Å²) in [4.78, 5) is 24.7. The first kappa shape index (κ1) is 19.0. The van der Waals surface area contributed by atoms with Crippen LogP contribution in [0.2, 0.25) is 0 Å². The summed E-state index contributed by atoms with van der Waals surface area (Å²) in [5.74, 6) is 0.229. The maximum absolute atomic E-state index is 12.4. The van der Waals surface area contributed by atoms with Crippen molar-refractivity contribution in [3.8, 4) is 11.5 Å². The Morgan fingerprint density at radius 2 is 1.68 bits per heavy atom. The van der Waals surface area contributed by atoms with E-state index in [4.69, 9.17) is 15.2 Å². The number of carbonyl (C=O) groups excluding carboxylic acids is 2. The van der Waals surface area contributed by atoms with Gasteiger partial charge >= 0.3 is 0 Å². The van der Waals surface area contributed by atoms with Gasteiger partial charge in [-0.25, -0.2) is 0 Å². The maximum Gasteiger partial charge on any atom is 0.161 e. The topological polar surface area (TPSA) is 78.6 Å². The third kappa shape index (κ3) is 4.62. The molecule has 0 bridgehead atoms. The summed E-state index contributed by atoms with van der Waals surface area (Å²) in [7, 11) is 0. The van der Waals surface area contributed by atoms with Gasteiger partial charge in [-0.15, -0.1) is 0 Å². The van der Waals surface area contributed by atoms with Gasteiger partial charge in [0.2, 0.25) is 0 Å². The minimum absolute atomic E-state index is 0.106. The minimum Gasteiger partial charge on any atom is -0.490 e. The number of allylic oxidation sites excluding steroid dienone is 1. The molecule has 1 aromatic carbocycles. The smallest absolute Gasteiger partial charge is 0.161 e. The van der Waals surface area contributed by atoms with Gasteiger partial charge in [0.15, 0.2) is 11.5 Å². The molecule has 25 heavy (non-hydrogen) atoms. The van der Waals surface area contributed by atoms with Crippen LogP contribution in [0.15, 0.2) is 23.9 Å². The van der Waals surface area contributed by atoms with E-state index < -0.39 is 5.92 Å². The lowest BCUT2D eigenvalue weighted by molar-refractivity contribution is -0.137. The van der Waals surface area contributed by atoms with Gasteiger partial charge in [-0.05, 0) is 43.0 Å². The van der Waals surface area contributed by atoms with Crippen LogP contribution < -0.4 is 15.2 Å². The molecule has 2 N–H and O–H groups in total. The third-order valence-corrected chi connectivity index (χ3v) is 4.18. The largest absolute Gasteiger partial charge is 0.490 e. The van der Waals surface area contributed by atoms with Gasteiger partial charge in [0.05, 0.1) is 13.2 Å². The Balaban J connectivity index is 2.28. The fourth-order valence-corrected chi connectivity index (χ4v) is 3.19. The number of hydrogen-bond acceptors (Lipinski definition) is 5. The molecule has 0 heterocycles. The molecule has 0 spiro atoms. The highest BCUT2D eigenvalue weighted by Crippen LogP contribution is 2.36. The molecule has 136 valence electrons. The number of Topliss-reactive ketones (excluding diaryl/α,β-unsaturated/α-hetero) is 2. The van der Waals surface area contributed by atoms with E-state index in [2.05, 4.69) is 0 Å². The van der Waals surface area contributed by atoms with E-state index in [0.717, 1.165) is 5.56 Å². The van der Waals surface area contributed by atoms with Crippen LogP contribution in [-0.4, -0.2) is 24.8 Å². The molecule has 0 saturated heterocycles. The number of rotatable bonds is 6. The number of carbonyl (C=O) groups is 2. The van der Waals surface area contributed by atoms with E-state index in [9.17, 15) is 9.59 Å². The Kier molecular flexibility index (Phi) is 5.88. The van der Waals surface area contributed by atoms with Crippen molar-refractivity contribution in [2.24, 2.45) is 17.1 Å². The van der Waals surface area contributed by atoms with Crippen LogP contribution >= 0.6 is 0 Å². The summed E-state index contributed by atoms with van der Waals surface area (Å²) in [6.45, 7) is 8.71. The van der Waals surface area contributed by atoms with E-state index in [1.54, 1.807) is 12.1 Å². The highest BCUT2D eigenvalue weighted by molar-refractivity contribution is 6.08. The van der Waals surface area contributed by atoms with Gasteiger partial charge in [-0.1, -0.05) is 19.9 Å². The zero-order valence-electron chi connectivity index (χ0n) is 15.4. The molecule has 5 nitrogen and oxygen atoms in total. The van der Waals surface area contributed by atoms with E-state index in [1.165, 1.54) is 0 Å². The Morgan fingerprint density at radius 1 is 1.12 bits per heavy atom. The maximum atomic E-state index is 12.4. The second kappa shape index (κ2) is 7.72. The molecule has 0 amide bonds. The van der Waals surface area contributed by atoms with E-state index in [1.807, 2.05) is 39.8 Å². The van der Waals surface area contributed by atoms with Crippen molar-refractivity contribution < 1.29 is 19.1 Å². The molecule has 1 aromatic rings. The highest BCUT2D eigenvalue weighted by atomic mass is 16.5. The summed E-state index contributed by atoms with van der Waals surface area (Å²) >= 11 is 0. The molecule has 0 aliphatic heterocycles. The average Bonchev–Trinajstić information content (AvgIpc) is 2.48. The highest BCUT2D eigenvalue weighted by Gasteiger charge is 2.40. The number of ketones is 2. The summed E-state index contributed by atoms with van der Waals surface area (Å²) in [5.41, 5.74) is 6.89. The van der Waals surface area contributed by atoms with Crippen molar-refractivity contribution >= 4 is 17.6 Å². The molecule has 5 heteroatoms. The van der Waals surface area contributed by atoms with Crippen molar-refractivity contribution in [1.29, 1.82) is 0 Å². The average molecular weight is 345 g/mol. The number of ether oxygens (including phenoxy) is 2. The van der Waals surface area contributed by atoms with Crippen LogP contribution in [-0.2, 0) is 9.59 Å². The van der Waals surface area contributed by atoms with Crippen LogP contribution in [0, 0.1) is 11.3 Å². The summed E-state index contributed by atoms with van der Waals surface area (Å²) in [6, 6.07) is 5.45. The quantitative estimate of drug-likeness (QED) is 0.800. The lowest BCUT2D eigenvalue weighted by Gasteiger charge is -2.32. The molecule has 0 unspecified atom stereocenters. The van der Waals surface area contributed by atoms with Gasteiger partial charge in [0.1, 0.15) is 17.5 Å². The van der Waals surface area contributed by atoms with Crippen LogP contribution in [0.5, 0.6) is 11.5 Å². The zero-order chi connectivity index (χ0) is 18.6. The molecule has 2 rings (SSSR count). The van der Waals surface area contributed by atoms with Crippen molar-refractivity contribution in [2.45, 2.75) is 40.5 Å². The third-order valence-electron chi connectivity index (χ3n) is 4.18. The molecule has 1 aliphatic rings. The predicted molar refractivity (Wildman–Crippen MR) is 97.5 cm³/mol. The molecular formula is C20H27NO4. The standard InChI is InChI=1S/C20H27NO4/c1-5-24-17-8-7-13(10-18(17)25-6-2)9-14(21)19-15(22)11-20(3,4)12-16(19)23/h7-10,19H,5-6,11-12,21H2,1-4H3. The Labute approximate surface area is 149 Å². The minimum atomic E-state index is -0.838. The molecule has 0 aromatic heterocycles. The van der Waals surface area contributed by atoms with Gasteiger partial charge in [-0.3, -0.25) is 9.59 Å². The van der Waals surface area contributed by atoms with Crippen molar-refractivity contribution in [1.82, 2.24) is 0 Å². The summed E-state index contributed by atoms with van der Waals surface area (Å²) < 4.78 is 11.1. The van der Waals surface area contributed by atoms with E-state index in [-0.39, 0.29) is 22.7 Å². The number of nitrogens with two attached hydrogens (primary N) is 1. The van der Waals surface area contributed by atoms with Gasteiger partial charge < -0.3 is 15.2 Å². The van der Waals surface area contributed by atoms with Crippen LogP contribution in [0.4, 0.5) is 0 Å². The van der Waals surface area contributed by atoms with Gasteiger partial charge in [0.25, 0.3) is 0 Å². The lowest BCUT2D eigenvalue weighted by atomic mass is 9.70. The first-order valence-electron chi connectivity index (χ1n) is 8.69. The molecule has 1 fully saturated rings. The normalized spacial score (nSPS) is 18.3. The molecule has 1 saturated carbocycles. The Hall–Kier alpha value is -2.30. The number of benzene rings is 1. The summed E-state index contributed by atoms with van der Waals surface area (Å²) in [5, 5.41) is 0.